The standard InChI is InChI=1S/C20H19N5O4/c1-3-26-19-10-14(8-9-18(19)27-12-16-13(2)24-29-25-16)11-21-23-20-22-15-6-4-5-7-17(15)28-20/h4-11H,3,12H2,1-2H3,(H,22,23)/b21-11+. The minimum Gasteiger partial charge on any atom is -0.490 e. The summed E-state index contributed by atoms with van der Waals surface area (Å²) in [5.41, 5.74) is 6.41. The zero-order valence-corrected chi connectivity index (χ0v) is 16.0. The van der Waals surface area contributed by atoms with Gasteiger partial charge in [-0.05, 0) is 49.7 Å². The van der Waals surface area contributed by atoms with Crippen LogP contribution in [0.3, 0.4) is 0 Å². The molecule has 0 spiro atoms. The van der Waals surface area contributed by atoms with E-state index in [-0.39, 0.29) is 6.61 Å². The molecule has 0 unspecified atom stereocenters. The molecular formula is C20H19N5O4. The fourth-order valence-electron chi connectivity index (χ4n) is 2.60. The lowest BCUT2D eigenvalue weighted by Crippen LogP contribution is -2.02. The average molecular weight is 393 g/mol. The lowest BCUT2D eigenvalue weighted by Gasteiger charge is -2.11. The Bertz CT molecular complexity index is 1100. The first-order chi connectivity index (χ1) is 14.2. The van der Waals surface area contributed by atoms with Crippen LogP contribution in [0.2, 0.25) is 0 Å². The summed E-state index contributed by atoms with van der Waals surface area (Å²) in [6, 6.07) is 13.3. The van der Waals surface area contributed by atoms with E-state index in [1.165, 1.54) is 0 Å². The number of rotatable bonds is 8. The fraction of sp³-hybridized carbons (Fsp3) is 0.200. The molecular weight excluding hydrogens is 374 g/mol. The van der Waals surface area contributed by atoms with Crippen molar-refractivity contribution in [2.24, 2.45) is 5.10 Å². The van der Waals surface area contributed by atoms with Gasteiger partial charge in [0, 0.05) is 0 Å². The van der Waals surface area contributed by atoms with Gasteiger partial charge < -0.3 is 13.9 Å². The van der Waals surface area contributed by atoms with Gasteiger partial charge in [-0.25, -0.2) is 10.1 Å². The molecule has 0 amide bonds. The van der Waals surface area contributed by atoms with Gasteiger partial charge in [-0.1, -0.05) is 22.4 Å². The molecule has 0 aliphatic heterocycles. The van der Waals surface area contributed by atoms with Gasteiger partial charge in [-0.15, -0.1) is 0 Å². The second-order valence-electron chi connectivity index (χ2n) is 6.08. The summed E-state index contributed by atoms with van der Waals surface area (Å²) >= 11 is 0. The summed E-state index contributed by atoms with van der Waals surface area (Å²) in [5, 5.41) is 11.7. The van der Waals surface area contributed by atoms with Crippen molar-refractivity contribution in [3.63, 3.8) is 0 Å². The molecule has 0 bridgehead atoms. The number of hydrazone groups is 1. The van der Waals surface area contributed by atoms with Crippen LogP contribution in [0.4, 0.5) is 6.01 Å². The Kier molecular flexibility index (Phi) is 5.37. The molecule has 0 fully saturated rings. The molecule has 9 nitrogen and oxygen atoms in total. The second-order valence-corrected chi connectivity index (χ2v) is 6.08. The minimum absolute atomic E-state index is 0.238. The van der Waals surface area contributed by atoms with Crippen LogP contribution in [0.5, 0.6) is 11.5 Å². The zero-order valence-electron chi connectivity index (χ0n) is 16.0. The van der Waals surface area contributed by atoms with Crippen molar-refractivity contribution in [2.75, 3.05) is 12.0 Å². The van der Waals surface area contributed by atoms with Crippen LogP contribution in [0.1, 0.15) is 23.9 Å². The van der Waals surface area contributed by atoms with E-state index in [4.69, 9.17) is 13.9 Å². The fourth-order valence-corrected chi connectivity index (χ4v) is 2.60. The normalized spacial score (nSPS) is 11.2. The van der Waals surface area contributed by atoms with Crippen molar-refractivity contribution in [2.45, 2.75) is 20.5 Å². The first-order valence-corrected chi connectivity index (χ1v) is 9.05. The van der Waals surface area contributed by atoms with Crippen LogP contribution >= 0.6 is 0 Å². The number of anilines is 1. The topological polar surface area (TPSA) is 108 Å². The molecule has 2 aromatic heterocycles. The molecule has 29 heavy (non-hydrogen) atoms. The van der Waals surface area contributed by atoms with Crippen LogP contribution < -0.4 is 14.9 Å². The Labute approximate surface area is 166 Å². The van der Waals surface area contributed by atoms with Crippen LogP contribution in [-0.2, 0) is 6.61 Å². The zero-order chi connectivity index (χ0) is 20.1. The first-order valence-electron chi connectivity index (χ1n) is 9.05. The molecule has 0 radical (unpaired) electrons. The Morgan fingerprint density at radius 1 is 1.10 bits per heavy atom. The highest BCUT2D eigenvalue weighted by atomic mass is 16.6. The van der Waals surface area contributed by atoms with Gasteiger partial charge in [0.2, 0.25) is 0 Å². The van der Waals surface area contributed by atoms with E-state index >= 15 is 0 Å². The molecule has 0 aliphatic rings. The highest BCUT2D eigenvalue weighted by Gasteiger charge is 2.10. The Balaban J connectivity index is 1.44. The molecule has 9 heteroatoms. The molecule has 0 saturated heterocycles. The summed E-state index contributed by atoms with van der Waals surface area (Å²) < 4.78 is 21.7. The van der Waals surface area contributed by atoms with E-state index < -0.39 is 0 Å². The van der Waals surface area contributed by atoms with Gasteiger partial charge >= 0.3 is 6.01 Å². The van der Waals surface area contributed by atoms with Crippen molar-refractivity contribution in [3.05, 3.63) is 59.4 Å². The molecule has 1 N–H and O–H groups in total. The molecule has 0 aliphatic carbocycles. The van der Waals surface area contributed by atoms with Crippen LogP contribution in [-0.4, -0.2) is 28.1 Å². The number of aryl methyl sites for hydroxylation is 1. The number of ether oxygens (including phenoxy) is 2. The molecule has 4 aromatic rings. The minimum atomic E-state index is 0.238. The monoisotopic (exact) mass is 393 g/mol. The van der Waals surface area contributed by atoms with Crippen molar-refractivity contribution in [1.82, 2.24) is 15.3 Å². The average Bonchev–Trinajstić information content (AvgIpc) is 3.33. The maximum absolute atomic E-state index is 5.80. The summed E-state index contributed by atoms with van der Waals surface area (Å²) in [7, 11) is 0. The van der Waals surface area contributed by atoms with Gasteiger partial charge in [-0.3, -0.25) is 0 Å². The molecule has 2 heterocycles. The van der Waals surface area contributed by atoms with Crippen LogP contribution in [0, 0.1) is 6.92 Å². The van der Waals surface area contributed by atoms with Gasteiger partial charge in [0.25, 0.3) is 0 Å². The largest absolute Gasteiger partial charge is 0.490 e. The number of fused-ring (bicyclic) bond motifs is 1. The maximum atomic E-state index is 5.80. The van der Waals surface area contributed by atoms with Gasteiger partial charge in [-0.2, -0.15) is 10.1 Å². The number of hydrogen-bond acceptors (Lipinski definition) is 9. The number of aromatic nitrogens is 3. The molecule has 0 saturated carbocycles. The van der Waals surface area contributed by atoms with E-state index in [1.54, 1.807) is 6.21 Å². The number of oxazole rings is 1. The van der Waals surface area contributed by atoms with Gasteiger partial charge in [0.15, 0.2) is 17.1 Å². The van der Waals surface area contributed by atoms with Crippen molar-refractivity contribution < 1.29 is 18.5 Å². The number of nitrogens with one attached hydrogen (secondary N) is 1. The van der Waals surface area contributed by atoms with E-state index in [1.807, 2.05) is 56.3 Å². The van der Waals surface area contributed by atoms with Crippen LogP contribution in [0.25, 0.3) is 11.1 Å². The Morgan fingerprint density at radius 2 is 2.00 bits per heavy atom. The van der Waals surface area contributed by atoms with E-state index in [2.05, 4.69) is 30.5 Å². The Morgan fingerprint density at radius 3 is 2.79 bits per heavy atom. The number of benzene rings is 2. The quantitative estimate of drug-likeness (QED) is 0.354. The van der Waals surface area contributed by atoms with E-state index in [9.17, 15) is 0 Å². The lowest BCUT2D eigenvalue weighted by molar-refractivity contribution is 0.253. The summed E-state index contributed by atoms with van der Waals surface area (Å²) in [5.74, 6) is 1.20. The number of para-hydroxylation sites is 2. The van der Waals surface area contributed by atoms with Crippen molar-refractivity contribution in [3.8, 4) is 11.5 Å². The predicted molar refractivity (Wildman–Crippen MR) is 106 cm³/mol. The summed E-state index contributed by atoms with van der Waals surface area (Å²) in [6.07, 6.45) is 1.65. The van der Waals surface area contributed by atoms with E-state index in [0.29, 0.717) is 41.1 Å². The summed E-state index contributed by atoms with van der Waals surface area (Å²) in [6.45, 7) is 4.46. The molecule has 2 aromatic carbocycles. The van der Waals surface area contributed by atoms with E-state index in [0.717, 1.165) is 11.1 Å². The van der Waals surface area contributed by atoms with Crippen molar-refractivity contribution >= 4 is 23.3 Å². The Hall–Kier alpha value is -3.88. The summed E-state index contributed by atoms with van der Waals surface area (Å²) in [4.78, 5) is 4.31. The first kappa shape index (κ1) is 18.5. The highest BCUT2D eigenvalue weighted by Crippen LogP contribution is 2.29. The maximum Gasteiger partial charge on any atom is 0.316 e. The van der Waals surface area contributed by atoms with Crippen LogP contribution in [0.15, 0.2) is 56.6 Å². The molecule has 4 rings (SSSR count). The third kappa shape index (κ3) is 4.34. The smallest absolute Gasteiger partial charge is 0.316 e. The number of nitrogens with zero attached hydrogens (tertiary/aromatic N) is 4. The molecule has 148 valence electrons. The van der Waals surface area contributed by atoms with Crippen molar-refractivity contribution in [1.29, 1.82) is 0 Å². The highest BCUT2D eigenvalue weighted by molar-refractivity contribution is 5.81. The number of hydrogen-bond donors (Lipinski definition) is 1. The third-order valence-corrected chi connectivity index (χ3v) is 4.05. The third-order valence-electron chi connectivity index (χ3n) is 4.05. The molecule has 0 atom stereocenters. The van der Waals surface area contributed by atoms with Gasteiger partial charge in [0.05, 0.1) is 12.8 Å². The van der Waals surface area contributed by atoms with Gasteiger partial charge in [0.1, 0.15) is 23.5 Å². The SMILES string of the molecule is CCOc1cc(/C=N/Nc2nc3ccccc3o2)ccc1OCc1nonc1C. The lowest BCUT2D eigenvalue weighted by atomic mass is 10.2. The predicted octanol–water partition coefficient (Wildman–Crippen LogP) is 3.94. The second kappa shape index (κ2) is 8.42.